The molecule has 0 aliphatic carbocycles. The molecule has 8 heteroatoms. The first-order valence-corrected chi connectivity index (χ1v) is 11.1. The van der Waals surface area contributed by atoms with E-state index in [9.17, 15) is 13.2 Å². The molecular formula is C19H20N2O4S2. The summed E-state index contributed by atoms with van der Waals surface area (Å²) in [6, 6.07) is 11.9. The highest BCUT2D eigenvalue weighted by Crippen LogP contribution is 2.23. The Morgan fingerprint density at radius 1 is 1.22 bits per heavy atom. The number of nitrogens with zero attached hydrogens (tertiary/aromatic N) is 2. The molecule has 3 aromatic rings. The zero-order valence-corrected chi connectivity index (χ0v) is 16.9. The molecule has 142 valence electrons. The van der Waals surface area contributed by atoms with Gasteiger partial charge < -0.3 is 9.30 Å². The SMILES string of the molecule is CCCn1c(=NC(=O)c2ccccc2OC)sc2cc(S(C)(=O)=O)ccc21. The first-order chi connectivity index (χ1) is 12.8. The Morgan fingerprint density at radius 3 is 2.63 bits per heavy atom. The Balaban J connectivity index is 2.19. The minimum atomic E-state index is -3.30. The number of hydrogen-bond donors (Lipinski definition) is 0. The van der Waals surface area contributed by atoms with Crippen molar-refractivity contribution in [1.29, 1.82) is 0 Å². The fraction of sp³-hybridized carbons (Fsp3) is 0.263. The van der Waals surface area contributed by atoms with Crippen LogP contribution in [0.1, 0.15) is 23.7 Å². The van der Waals surface area contributed by atoms with Gasteiger partial charge in [-0.2, -0.15) is 4.99 Å². The van der Waals surface area contributed by atoms with E-state index in [2.05, 4.69) is 4.99 Å². The standard InChI is InChI=1S/C19H20N2O4S2/c1-4-11-21-15-10-9-13(27(3,23)24)12-17(15)26-19(21)20-18(22)14-7-5-6-8-16(14)25-2/h5-10,12H,4,11H2,1-3H3. The molecule has 6 nitrogen and oxygen atoms in total. The van der Waals surface area contributed by atoms with Crippen molar-refractivity contribution in [3.63, 3.8) is 0 Å². The van der Waals surface area contributed by atoms with E-state index in [-0.39, 0.29) is 4.90 Å². The molecule has 27 heavy (non-hydrogen) atoms. The highest BCUT2D eigenvalue weighted by molar-refractivity contribution is 7.90. The number of carbonyl (C=O) groups is 1. The Labute approximate surface area is 161 Å². The molecule has 2 aromatic carbocycles. The van der Waals surface area contributed by atoms with Crippen LogP contribution in [0.2, 0.25) is 0 Å². The van der Waals surface area contributed by atoms with E-state index in [1.165, 1.54) is 24.7 Å². The summed E-state index contributed by atoms with van der Waals surface area (Å²) in [4.78, 5) is 17.8. The van der Waals surface area contributed by atoms with Crippen molar-refractivity contribution >= 4 is 37.3 Å². The average Bonchev–Trinajstić information content (AvgIpc) is 2.97. The predicted molar refractivity (Wildman–Crippen MR) is 106 cm³/mol. The first kappa shape index (κ1) is 19.3. The summed E-state index contributed by atoms with van der Waals surface area (Å²) in [5.41, 5.74) is 1.25. The summed E-state index contributed by atoms with van der Waals surface area (Å²) >= 11 is 1.30. The molecule has 3 rings (SSSR count). The van der Waals surface area contributed by atoms with Crippen molar-refractivity contribution in [3.8, 4) is 5.75 Å². The minimum Gasteiger partial charge on any atom is -0.496 e. The van der Waals surface area contributed by atoms with Crippen LogP contribution in [0.25, 0.3) is 10.2 Å². The molecule has 0 N–H and O–H groups in total. The largest absolute Gasteiger partial charge is 0.496 e. The van der Waals surface area contributed by atoms with Gasteiger partial charge in [0, 0.05) is 12.8 Å². The van der Waals surface area contributed by atoms with Crippen molar-refractivity contribution in [2.75, 3.05) is 13.4 Å². The van der Waals surface area contributed by atoms with Gasteiger partial charge in [-0.05, 0) is 36.8 Å². The van der Waals surface area contributed by atoms with Gasteiger partial charge in [-0.1, -0.05) is 30.4 Å². The number of benzene rings is 2. The number of ether oxygens (including phenoxy) is 1. The van der Waals surface area contributed by atoms with Gasteiger partial charge in [0.1, 0.15) is 5.75 Å². The Kier molecular flexibility index (Phi) is 5.48. The van der Waals surface area contributed by atoms with Crippen LogP contribution >= 0.6 is 11.3 Å². The van der Waals surface area contributed by atoms with Gasteiger partial charge in [-0.15, -0.1) is 0 Å². The summed E-state index contributed by atoms with van der Waals surface area (Å²) in [6.07, 6.45) is 2.04. The van der Waals surface area contributed by atoms with Gasteiger partial charge in [0.25, 0.3) is 5.91 Å². The zero-order valence-electron chi connectivity index (χ0n) is 15.3. The van der Waals surface area contributed by atoms with Gasteiger partial charge >= 0.3 is 0 Å². The van der Waals surface area contributed by atoms with Crippen LogP contribution in [0.5, 0.6) is 5.75 Å². The number of carbonyl (C=O) groups excluding carboxylic acids is 1. The quantitative estimate of drug-likeness (QED) is 0.654. The summed E-state index contributed by atoms with van der Waals surface area (Å²) < 4.78 is 31.6. The number of sulfone groups is 1. The van der Waals surface area contributed by atoms with E-state index >= 15 is 0 Å². The number of para-hydroxylation sites is 1. The topological polar surface area (TPSA) is 77.7 Å². The maximum Gasteiger partial charge on any atom is 0.283 e. The van der Waals surface area contributed by atoms with E-state index in [0.717, 1.165) is 16.6 Å². The van der Waals surface area contributed by atoms with E-state index in [1.807, 2.05) is 11.5 Å². The lowest BCUT2D eigenvalue weighted by molar-refractivity contribution is 0.0995. The summed E-state index contributed by atoms with van der Waals surface area (Å²) in [5, 5.41) is 0. The van der Waals surface area contributed by atoms with Crippen molar-refractivity contribution in [2.45, 2.75) is 24.8 Å². The van der Waals surface area contributed by atoms with E-state index in [4.69, 9.17) is 4.74 Å². The number of rotatable bonds is 5. The number of amides is 1. The molecular weight excluding hydrogens is 384 g/mol. The van der Waals surface area contributed by atoms with Crippen molar-refractivity contribution < 1.29 is 17.9 Å². The number of hydrogen-bond acceptors (Lipinski definition) is 5. The molecule has 0 spiro atoms. The molecule has 1 aromatic heterocycles. The fourth-order valence-electron chi connectivity index (χ4n) is 2.78. The molecule has 0 saturated carbocycles. The van der Waals surface area contributed by atoms with E-state index in [0.29, 0.717) is 22.7 Å². The third-order valence-electron chi connectivity index (χ3n) is 4.06. The Bertz CT molecular complexity index is 1170. The predicted octanol–water partition coefficient (Wildman–Crippen LogP) is 3.27. The van der Waals surface area contributed by atoms with Gasteiger partial charge in [0.2, 0.25) is 0 Å². The molecule has 0 atom stereocenters. The smallest absolute Gasteiger partial charge is 0.283 e. The van der Waals surface area contributed by atoms with Gasteiger partial charge in [-0.25, -0.2) is 8.42 Å². The van der Waals surface area contributed by atoms with Gasteiger partial charge in [0.15, 0.2) is 14.6 Å². The lowest BCUT2D eigenvalue weighted by Crippen LogP contribution is -2.17. The third-order valence-corrected chi connectivity index (χ3v) is 6.22. The lowest BCUT2D eigenvalue weighted by Gasteiger charge is -2.05. The van der Waals surface area contributed by atoms with E-state index in [1.54, 1.807) is 42.5 Å². The normalized spacial score (nSPS) is 12.5. The van der Waals surface area contributed by atoms with Crippen LogP contribution in [-0.4, -0.2) is 32.3 Å². The Hall–Kier alpha value is -2.45. The number of aryl methyl sites for hydroxylation is 1. The van der Waals surface area contributed by atoms with Crippen LogP contribution in [0.4, 0.5) is 0 Å². The lowest BCUT2D eigenvalue weighted by atomic mass is 10.2. The summed E-state index contributed by atoms with van der Waals surface area (Å²) in [5.74, 6) is 0.0703. The van der Waals surface area contributed by atoms with Crippen molar-refractivity contribution in [1.82, 2.24) is 4.57 Å². The number of aromatic nitrogens is 1. The maximum atomic E-state index is 12.7. The van der Waals surface area contributed by atoms with E-state index < -0.39 is 15.7 Å². The molecule has 0 unspecified atom stereocenters. The van der Waals surface area contributed by atoms with Crippen LogP contribution in [0, 0.1) is 0 Å². The number of methoxy groups -OCH3 is 1. The van der Waals surface area contributed by atoms with Gasteiger partial charge in [-0.3, -0.25) is 4.79 Å². The zero-order chi connectivity index (χ0) is 19.6. The monoisotopic (exact) mass is 404 g/mol. The molecule has 1 heterocycles. The Morgan fingerprint density at radius 2 is 1.96 bits per heavy atom. The highest BCUT2D eigenvalue weighted by atomic mass is 32.2. The molecule has 0 saturated heterocycles. The molecule has 0 bridgehead atoms. The van der Waals surface area contributed by atoms with Crippen LogP contribution in [0.15, 0.2) is 52.4 Å². The summed E-state index contributed by atoms with van der Waals surface area (Å²) in [7, 11) is -1.79. The first-order valence-electron chi connectivity index (χ1n) is 8.40. The average molecular weight is 405 g/mol. The molecule has 0 fully saturated rings. The number of fused-ring (bicyclic) bond motifs is 1. The van der Waals surface area contributed by atoms with Crippen LogP contribution < -0.4 is 9.54 Å². The second-order valence-electron chi connectivity index (χ2n) is 6.06. The maximum absolute atomic E-state index is 12.7. The summed E-state index contributed by atoms with van der Waals surface area (Å²) in [6.45, 7) is 2.71. The molecule has 0 radical (unpaired) electrons. The highest BCUT2D eigenvalue weighted by Gasteiger charge is 2.14. The second kappa shape index (κ2) is 7.66. The van der Waals surface area contributed by atoms with Crippen molar-refractivity contribution in [2.24, 2.45) is 4.99 Å². The van der Waals surface area contributed by atoms with Crippen molar-refractivity contribution in [3.05, 3.63) is 52.8 Å². The van der Waals surface area contributed by atoms with Crippen LogP contribution in [-0.2, 0) is 16.4 Å². The number of thiazole rings is 1. The third kappa shape index (κ3) is 3.96. The second-order valence-corrected chi connectivity index (χ2v) is 9.08. The van der Waals surface area contributed by atoms with Crippen LogP contribution in [0.3, 0.4) is 0 Å². The fourth-order valence-corrected chi connectivity index (χ4v) is 4.59. The molecule has 0 aliphatic rings. The minimum absolute atomic E-state index is 0.252. The van der Waals surface area contributed by atoms with Gasteiger partial charge in [0.05, 0.1) is 27.8 Å². The molecule has 0 aliphatic heterocycles. The molecule has 1 amide bonds.